The Morgan fingerprint density at radius 3 is 2.52 bits per heavy atom. The molecule has 1 atom stereocenters. The van der Waals surface area contributed by atoms with Crippen molar-refractivity contribution >= 4 is 28.8 Å². The largest absolute Gasteiger partial charge is 0.507 e. The molecule has 1 aromatic heterocycles. The smallest absolute Gasteiger partial charge is 0.295 e. The second kappa shape index (κ2) is 9.11. The predicted molar refractivity (Wildman–Crippen MR) is 109 cm³/mol. The minimum Gasteiger partial charge on any atom is -0.507 e. The number of aliphatic hydroxyl groups excluding tert-OH is 1. The molecule has 1 fully saturated rings. The molecular formula is C21H23NO6S. The number of ketones is 1. The first-order valence-electron chi connectivity index (χ1n) is 9.06. The van der Waals surface area contributed by atoms with E-state index in [0.29, 0.717) is 36.6 Å². The van der Waals surface area contributed by atoms with E-state index < -0.39 is 17.7 Å². The highest BCUT2D eigenvalue weighted by Gasteiger charge is 2.46. The SMILES string of the molecule is COCCCN1C(=O)C(=O)/C(=C(\O)c2ccc(OC)c(OC)c2)C1c1cccs1. The van der Waals surface area contributed by atoms with Gasteiger partial charge >= 0.3 is 0 Å². The van der Waals surface area contributed by atoms with Crippen LogP contribution in [0.2, 0.25) is 0 Å². The maximum Gasteiger partial charge on any atom is 0.295 e. The summed E-state index contributed by atoms with van der Waals surface area (Å²) in [5, 5.41) is 12.9. The van der Waals surface area contributed by atoms with Crippen LogP contribution in [0, 0.1) is 0 Å². The molecule has 0 spiro atoms. The molecule has 1 N–H and O–H groups in total. The summed E-state index contributed by atoms with van der Waals surface area (Å²) in [5.74, 6) is -0.649. The van der Waals surface area contributed by atoms with Crippen molar-refractivity contribution in [3.8, 4) is 11.5 Å². The number of methoxy groups -OCH3 is 3. The van der Waals surface area contributed by atoms with Crippen molar-refractivity contribution < 1.29 is 28.9 Å². The minimum absolute atomic E-state index is 0.0714. The Hall–Kier alpha value is -2.84. The third kappa shape index (κ3) is 3.99. The van der Waals surface area contributed by atoms with Crippen molar-refractivity contribution in [1.29, 1.82) is 0 Å². The van der Waals surface area contributed by atoms with Gasteiger partial charge in [0.25, 0.3) is 11.7 Å². The molecule has 0 bridgehead atoms. The van der Waals surface area contributed by atoms with E-state index >= 15 is 0 Å². The lowest BCUT2D eigenvalue weighted by Gasteiger charge is -2.24. The number of rotatable bonds is 8. The second-order valence-corrected chi connectivity index (χ2v) is 7.40. The number of ether oxygens (including phenoxy) is 3. The van der Waals surface area contributed by atoms with Gasteiger partial charge in [-0.1, -0.05) is 6.07 Å². The highest BCUT2D eigenvalue weighted by molar-refractivity contribution is 7.10. The van der Waals surface area contributed by atoms with Crippen LogP contribution in [0.15, 0.2) is 41.3 Å². The third-order valence-electron chi connectivity index (χ3n) is 4.76. The average Bonchev–Trinajstić information content (AvgIpc) is 3.35. The molecule has 7 nitrogen and oxygen atoms in total. The number of nitrogens with zero attached hydrogens (tertiary/aromatic N) is 1. The first kappa shape index (κ1) is 20.9. The topological polar surface area (TPSA) is 85.3 Å². The van der Waals surface area contributed by atoms with Crippen molar-refractivity contribution in [2.24, 2.45) is 0 Å². The van der Waals surface area contributed by atoms with Gasteiger partial charge < -0.3 is 24.2 Å². The quantitative estimate of drug-likeness (QED) is 0.307. The lowest BCUT2D eigenvalue weighted by Crippen LogP contribution is -2.31. The normalized spacial score (nSPS) is 18.3. The fraction of sp³-hybridized carbons (Fsp3) is 0.333. The van der Waals surface area contributed by atoms with E-state index in [2.05, 4.69) is 0 Å². The summed E-state index contributed by atoms with van der Waals surface area (Å²) in [4.78, 5) is 27.9. The molecule has 2 aromatic rings. The highest BCUT2D eigenvalue weighted by atomic mass is 32.1. The number of carbonyl (C=O) groups excluding carboxylic acids is 2. The molecule has 0 aliphatic carbocycles. The van der Waals surface area contributed by atoms with Gasteiger partial charge in [-0.15, -0.1) is 11.3 Å². The Balaban J connectivity index is 2.09. The first-order chi connectivity index (χ1) is 14.0. The van der Waals surface area contributed by atoms with Gasteiger partial charge in [0.05, 0.1) is 25.8 Å². The molecule has 3 rings (SSSR count). The summed E-state index contributed by atoms with van der Waals surface area (Å²) in [5.41, 5.74) is 0.446. The fourth-order valence-corrected chi connectivity index (χ4v) is 4.22. The van der Waals surface area contributed by atoms with Gasteiger partial charge in [-0.05, 0) is 36.1 Å². The Morgan fingerprint density at radius 2 is 1.90 bits per heavy atom. The predicted octanol–water partition coefficient (Wildman–Crippen LogP) is 3.22. The maximum atomic E-state index is 12.9. The molecule has 0 saturated carbocycles. The Bertz CT molecular complexity index is 921. The summed E-state index contributed by atoms with van der Waals surface area (Å²) in [6.45, 7) is 0.819. The van der Waals surface area contributed by atoms with Crippen LogP contribution in [-0.2, 0) is 14.3 Å². The van der Waals surface area contributed by atoms with Crippen molar-refractivity contribution in [3.05, 3.63) is 51.7 Å². The number of likely N-dealkylation sites (tertiary alicyclic amines) is 1. The molecule has 0 radical (unpaired) electrons. The zero-order valence-electron chi connectivity index (χ0n) is 16.5. The number of hydrogen-bond donors (Lipinski definition) is 1. The Kier molecular flexibility index (Phi) is 6.56. The van der Waals surface area contributed by atoms with Crippen molar-refractivity contribution in [2.45, 2.75) is 12.5 Å². The van der Waals surface area contributed by atoms with Gasteiger partial charge in [-0.2, -0.15) is 0 Å². The summed E-state index contributed by atoms with van der Waals surface area (Å²) in [6, 6.07) is 7.92. The van der Waals surface area contributed by atoms with Gasteiger partial charge in [0.15, 0.2) is 11.5 Å². The zero-order valence-corrected chi connectivity index (χ0v) is 17.3. The van der Waals surface area contributed by atoms with Gasteiger partial charge in [0, 0.05) is 30.7 Å². The molecule has 1 aromatic carbocycles. The Morgan fingerprint density at radius 1 is 1.14 bits per heavy atom. The minimum atomic E-state index is -0.701. The molecule has 154 valence electrons. The lowest BCUT2D eigenvalue weighted by atomic mass is 9.99. The van der Waals surface area contributed by atoms with E-state index in [0.717, 1.165) is 4.88 Å². The number of carbonyl (C=O) groups is 2. The molecule has 1 amide bonds. The third-order valence-corrected chi connectivity index (χ3v) is 5.68. The van der Waals surface area contributed by atoms with E-state index in [9.17, 15) is 14.7 Å². The fourth-order valence-electron chi connectivity index (χ4n) is 3.37. The van der Waals surface area contributed by atoms with E-state index in [1.807, 2.05) is 17.5 Å². The lowest BCUT2D eigenvalue weighted by molar-refractivity contribution is -0.140. The molecule has 1 aliphatic rings. The summed E-state index contributed by atoms with van der Waals surface area (Å²) in [6.07, 6.45) is 0.585. The second-order valence-electron chi connectivity index (χ2n) is 6.42. The summed E-state index contributed by atoms with van der Waals surface area (Å²) >= 11 is 1.43. The number of thiophene rings is 1. The van der Waals surface area contributed by atoms with Crippen molar-refractivity contribution in [3.63, 3.8) is 0 Å². The number of Topliss-reactive ketones (excluding diaryl/α,β-unsaturated/α-hetero) is 1. The zero-order chi connectivity index (χ0) is 21.0. The number of amides is 1. The number of benzene rings is 1. The van der Waals surface area contributed by atoms with E-state index in [4.69, 9.17) is 14.2 Å². The molecule has 29 heavy (non-hydrogen) atoms. The van der Waals surface area contributed by atoms with Crippen LogP contribution in [0.4, 0.5) is 0 Å². The van der Waals surface area contributed by atoms with Crippen LogP contribution in [0.3, 0.4) is 0 Å². The van der Waals surface area contributed by atoms with Gasteiger partial charge in [0.2, 0.25) is 0 Å². The first-order valence-corrected chi connectivity index (χ1v) is 9.94. The monoisotopic (exact) mass is 417 g/mol. The molecule has 8 heteroatoms. The number of aliphatic hydroxyl groups is 1. The van der Waals surface area contributed by atoms with Crippen LogP contribution < -0.4 is 9.47 Å². The van der Waals surface area contributed by atoms with Crippen molar-refractivity contribution in [2.75, 3.05) is 34.5 Å². The van der Waals surface area contributed by atoms with E-state index in [1.165, 1.54) is 30.5 Å². The summed E-state index contributed by atoms with van der Waals surface area (Å²) in [7, 11) is 4.59. The Labute approximate surface area is 173 Å². The van der Waals surface area contributed by atoms with Crippen LogP contribution in [0.25, 0.3) is 5.76 Å². The maximum absolute atomic E-state index is 12.9. The van der Waals surface area contributed by atoms with E-state index in [-0.39, 0.29) is 11.3 Å². The molecule has 1 unspecified atom stereocenters. The van der Waals surface area contributed by atoms with Crippen LogP contribution in [0.5, 0.6) is 11.5 Å². The molecule has 2 heterocycles. The number of hydrogen-bond acceptors (Lipinski definition) is 7. The van der Waals surface area contributed by atoms with Crippen LogP contribution in [-0.4, -0.2) is 56.2 Å². The van der Waals surface area contributed by atoms with Crippen LogP contribution >= 0.6 is 11.3 Å². The molecular weight excluding hydrogens is 394 g/mol. The van der Waals surface area contributed by atoms with Gasteiger partial charge in [-0.3, -0.25) is 9.59 Å². The average molecular weight is 417 g/mol. The highest BCUT2D eigenvalue weighted by Crippen LogP contribution is 2.42. The van der Waals surface area contributed by atoms with Gasteiger partial charge in [0.1, 0.15) is 5.76 Å². The van der Waals surface area contributed by atoms with E-state index in [1.54, 1.807) is 25.3 Å². The summed E-state index contributed by atoms with van der Waals surface area (Å²) < 4.78 is 15.6. The van der Waals surface area contributed by atoms with Crippen molar-refractivity contribution in [1.82, 2.24) is 4.90 Å². The van der Waals surface area contributed by atoms with Crippen LogP contribution in [0.1, 0.15) is 22.9 Å². The molecule has 1 saturated heterocycles. The standard InChI is InChI=1S/C21H23NO6S/c1-26-10-5-9-22-18(16-6-4-11-29-16)17(20(24)21(22)25)19(23)13-7-8-14(27-2)15(12-13)28-3/h4,6-8,11-12,18,23H,5,9-10H2,1-3H3/b19-17-. The van der Waals surface area contributed by atoms with Gasteiger partial charge in [-0.25, -0.2) is 0 Å². The molecule has 1 aliphatic heterocycles.